The number of benzene rings is 1. The molecule has 2 rings (SSSR count). The molecule has 7 heteroatoms. The third-order valence-corrected chi connectivity index (χ3v) is 3.26. The van der Waals surface area contributed by atoms with E-state index in [1.165, 1.54) is 13.2 Å². The van der Waals surface area contributed by atoms with E-state index in [1.54, 1.807) is 12.1 Å². The Bertz CT molecular complexity index is 610. The Morgan fingerprint density at radius 1 is 1.23 bits per heavy atom. The van der Waals surface area contributed by atoms with Crippen molar-refractivity contribution in [1.29, 1.82) is 0 Å². The van der Waals surface area contributed by atoms with Crippen LogP contribution in [-0.2, 0) is 13.1 Å². The highest BCUT2D eigenvalue weighted by atomic mass is 19.3. The van der Waals surface area contributed by atoms with Gasteiger partial charge in [0.1, 0.15) is 5.76 Å². The van der Waals surface area contributed by atoms with Gasteiger partial charge in [0, 0.05) is 18.7 Å². The molecule has 5 nitrogen and oxygen atoms in total. The van der Waals surface area contributed by atoms with Crippen LogP contribution >= 0.6 is 0 Å². The second kappa shape index (κ2) is 7.22. The van der Waals surface area contributed by atoms with Crippen LogP contribution in [0.5, 0.6) is 11.5 Å². The number of methoxy groups -OCH3 is 1. The Hall–Kier alpha value is -2.15. The van der Waals surface area contributed by atoms with Gasteiger partial charge in [0.2, 0.25) is 0 Å². The molecule has 0 bridgehead atoms. The zero-order valence-electron chi connectivity index (χ0n) is 12.7. The first-order chi connectivity index (χ1) is 10.5. The SMILES string of the molecule is COc1cc(CNCc2c(C)noc2C)ccc1OC(F)F. The van der Waals surface area contributed by atoms with Crippen LogP contribution in [0.1, 0.15) is 22.6 Å². The molecule has 120 valence electrons. The van der Waals surface area contributed by atoms with Gasteiger partial charge in [-0.05, 0) is 31.5 Å². The Balaban J connectivity index is 1.98. The second-order valence-corrected chi connectivity index (χ2v) is 4.77. The summed E-state index contributed by atoms with van der Waals surface area (Å²) in [5, 5.41) is 7.14. The van der Waals surface area contributed by atoms with Gasteiger partial charge in [-0.1, -0.05) is 11.2 Å². The van der Waals surface area contributed by atoms with Crippen molar-refractivity contribution in [2.45, 2.75) is 33.5 Å². The van der Waals surface area contributed by atoms with Crippen LogP contribution in [0.3, 0.4) is 0 Å². The number of rotatable bonds is 7. The van der Waals surface area contributed by atoms with Crippen molar-refractivity contribution in [3.05, 3.63) is 40.8 Å². The maximum Gasteiger partial charge on any atom is 0.387 e. The molecule has 22 heavy (non-hydrogen) atoms. The number of hydrogen-bond donors (Lipinski definition) is 1. The van der Waals surface area contributed by atoms with Crippen molar-refractivity contribution < 1.29 is 22.8 Å². The summed E-state index contributed by atoms with van der Waals surface area (Å²) in [6.45, 7) is 2.02. The summed E-state index contributed by atoms with van der Waals surface area (Å²) >= 11 is 0. The number of halogens is 2. The van der Waals surface area contributed by atoms with Crippen LogP contribution in [0.4, 0.5) is 8.78 Å². The predicted octanol–water partition coefficient (Wildman–Crippen LogP) is 3.19. The molecule has 0 saturated carbocycles. The lowest BCUT2D eigenvalue weighted by Crippen LogP contribution is -2.14. The van der Waals surface area contributed by atoms with Crippen LogP contribution in [0.15, 0.2) is 22.7 Å². The van der Waals surface area contributed by atoms with Crippen molar-refractivity contribution in [3.63, 3.8) is 0 Å². The van der Waals surface area contributed by atoms with Gasteiger partial charge in [0.25, 0.3) is 0 Å². The number of alkyl halides is 2. The largest absolute Gasteiger partial charge is 0.493 e. The highest BCUT2D eigenvalue weighted by molar-refractivity contribution is 5.43. The Morgan fingerprint density at radius 2 is 2.00 bits per heavy atom. The van der Waals surface area contributed by atoms with Gasteiger partial charge in [0.05, 0.1) is 12.8 Å². The number of nitrogens with one attached hydrogen (secondary N) is 1. The predicted molar refractivity (Wildman–Crippen MR) is 76.1 cm³/mol. The van der Waals surface area contributed by atoms with E-state index in [0.717, 1.165) is 22.6 Å². The molecule has 0 unspecified atom stereocenters. The second-order valence-electron chi connectivity index (χ2n) is 4.77. The Morgan fingerprint density at radius 3 is 2.59 bits per heavy atom. The van der Waals surface area contributed by atoms with E-state index in [2.05, 4.69) is 15.2 Å². The van der Waals surface area contributed by atoms with Crippen molar-refractivity contribution in [1.82, 2.24) is 10.5 Å². The lowest BCUT2D eigenvalue weighted by Gasteiger charge is -2.12. The summed E-state index contributed by atoms with van der Waals surface area (Å²) in [4.78, 5) is 0. The molecule has 0 saturated heterocycles. The van der Waals surface area contributed by atoms with Crippen LogP contribution < -0.4 is 14.8 Å². The fourth-order valence-electron chi connectivity index (χ4n) is 2.10. The first kappa shape index (κ1) is 16.2. The zero-order valence-corrected chi connectivity index (χ0v) is 12.7. The van der Waals surface area contributed by atoms with E-state index < -0.39 is 6.61 Å². The maximum absolute atomic E-state index is 12.3. The number of hydrogen-bond acceptors (Lipinski definition) is 5. The van der Waals surface area contributed by atoms with Crippen molar-refractivity contribution in [2.75, 3.05) is 7.11 Å². The van der Waals surface area contributed by atoms with E-state index in [4.69, 9.17) is 9.26 Å². The first-order valence-electron chi connectivity index (χ1n) is 6.75. The third-order valence-electron chi connectivity index (χ3n) is 3.26. The summed E-state index contributed by atoms with van der Waals surface area (Å²) < 4.78 is 39.1. The van der Waals surface area contributed by atoms with Gasteiger partial charge in [0.15, 0.2) is 11.5 Å². The smallest absolute Gasteiger partial charge is 0.387 e. The monoisotopic (exact) mass is 312 g/mol. The van der Waals surface area contributed by atoms with Crippen molar-refractivity contribution in [2.24, 2.45) is 0 Å². The number of aryl methyl sites for hydroxylation is 2. The lowest BCUT2D eigenvalue weighted by molar-refractivity contribution is -0.0512. The van der Waals surface area contributed by atoms with Gasteiger partial charge in [-0.2, -0.15) is 8.78 Å². The Labute approximate surface area is 127 Å². The van der Waals surface area contributed by atoms with Crippen molar-refractivity contribution >= 4 is 0 Å². The first-order valence-corrected chi connectivity index (χ1v) is 6.75. The van der Waals surface area contributed by atoms with Gasteiger partial charge < -0.3 is 19.3 Å². The average Bonchev–Trinajstić information content (AvgIpc) is 2.79. The van der Waals surface area contributed by atoms with Crippen LogP contribution in [0, 0.1) is 13.8 Å². The topological polar surface area (TPSA) is 56.5 Å². The van der Waals surface area contributed by atoms with E-state index in [0.29, 0.717) is 13.1 Å². The average molecular weight is 312 g/mol. The standard InChI is InChI=1S/C15H18F2N2O3/c1-9-12(10(2)22-19-9)8-18-7-11-4-5-13(21-15(16)17)14(6-11)20-3/h4-6,15,18H,7-8H2,1-3H3. The summed E-state index contributed by atoms with van der Waals surface area (Å²) in [5.41, 5.74) is 2.76. The molecule has 1 N–H and O–H groups in total. The minimum absolute atomic E-state index is 0.0203. The molecule has 1 aromatic carbocycles. The number of ether oxygens (including phenoxy) is 2. The molecule has 0 atom stereocenters. The van der Waals surface area contributed by atoms with E-state index in [9.17, 15) is 8.78 Å². The molecular weight excluding hydrogens is 294 g/mol. The maximum atomic E-state index is 12.3. The molecule has 0 aliphatic rings. The number of aromatic nitrogens is 1. The normalized spacial score (nSPS) is 11.0. The lowest BCUT2D eigenvalue weighted by atomic mass is 10.1. The third kappa shape index (κ3) is 3.94. The number of nitrogens with zero attached hydrogens (tertiary/aromatic N) is 1. The molecular formula is C15H18F2N2O3. The zero-order chi connectivity index (χ0) is 16.1. The highest BCUT2D eigenvalue weighted by Crippen LogP contribution is 2.29. The van der Waals surface area contributed by atoms with Crippen LogP contribution in [-0.4, -0.2) is 18.9 Å². The molecule has 0 radical (unpaired) electrons. The van der Waals surface area contributed by atoms with Gasteiger partial charge in [-0.25, -0.2) is 0 Å². The summed E-state index contributed by atoms with van der Waals surface area (Å²) in [7, 11) is 1.41. The van der Waals surface area contributed by atoms with Crippen LogP contribution in [0.2, 0.25) is 0 Å². The molecule has 2 aromatic rings. The minimum atomic E-state index is -2.88. The summed E-state index contributed by atoms with van der Waals surface area (Å²) in [6, 6.07) is 4.84. The summed E-state index contributed by atoms with van der Waals surface area (Å²) in [6.07, 6.45) is 0. The van der Waals surface area contributed by atoms with Crippen molar-refractivity contribution in [3.8, 4) is 11.5 Å². The Kier molecular flexibility index (Phi) is 5.32. The molecule has 0 fully saturated rings. The highest BCUT2D eigenvalue weighted by Gasteiger charge is 2.12. The molecule has 0 aliphatic carbocycles. The summed E-state index contributed by atoms with van der Waals surface area (Å²) in [5.74, 6) is 1.08. The fraction of sp³-hybridized carbons (Fsp3) is 0.400. The molecule has 0 spiro atoms. The van der Waals surface area contributed by atoms with E-state index >= 15 is 0 Å². The molecule has 1 aromatic heterocycles. The van der Waals surface area contributed by atoms with Gasteiger partial charge in [-0.15, -0.1) is 0 Å². The van der Waals surface area contributed by atoms with E-state index in [-0.39, 0.29) is 11.5 Å². The van der Waals surface area contributed by atoms with Gasteiger partial charge >= 0.3 is 6.61 Å². The fourth-order valence-corrected chi connectivity index (χ4v) is 2.10. The molecule has 0 aliphatic heterocycles. The quantitative estimate of drug-likeness (QED) is 0.851. The van der Waals surface area contributed by atoms with Gasteiger partial charge in [-0.3, -0.25) is 0 Å². The minimum Gasteiger partial charge on any atom is -0.493 e. The molecule has 0 amide bonds. The van der Waals surface area contributed by atoms with Crippen LogP contribution in [0.25, 0.3) is 0 Å². The van der Waals surface area contributed by atoms with E-state index in [1.807, 2.05) is 13.8 Å². The molecule has 1 heterocycles.